The van der Waals surface area contributed by atoms with Gasteiger partial charge in [-0.25, -0.2) is 17.2 Å². The van der Waals surface area contributed by atoms with Gasteiger partial charge >= 0.3 is 0 Å². The van der Waals surface area contributed by atoms with E-state index in [1.54, 1.807) is 6.92 Å². The zero-order chi connectivity index (χ0) is 15.8. The van der Waals surface area contributed by atoms with Crippen LogP contribution in [0.3, 0.4) is 0 Å². The highest BCUT2D eigenvalue weighted by atomic mass is 79.9. The SMILES string of the molecule is Cc1ccc(S(=O)(=O)Nc2cc(F)c(Br)cc2F)cc1N. The maximum Gasteiger partial charge on any atom is 0.262 e. The van der Waals surface area contributed by atoms with E-state index in [1.165, 1.54) is 18.2 Å². The van der Waals surface area contributed by atoms with E-state index < -0.39 is 27.3 Å². The maximum atomic E-state index is 13.7. The number of nitrogens with one attached hydrogen (secondary N) is 1. The number of nitrogen functional groups attached to an aromatic ring is 1. The third-order valence-corrected chi connectivity index (χ3v) is 4.79. The number of nitrogens with two attached hydrogens (primary N) is 1. The molecular formula is C13H11BrF2N2O2S. The molecule has 0 saturated carbocycles. The van der Waals surface area contributed by atoms with Crippen molar-refractivity contribution in [3.05, 3.63) is 52.0 Å². The standard InChI is InChI=1S/C13H11BrF2N2O2S/c1-7-2-3-8(4-12(7)17)21(19,20)18-13-6-10(15)9(14)5-11(13)16/h2-6,18H,17H2,1H3. The van der Waals surface area contributed by atoms with Crippen molar-refractivity contribution in [1.29, 1.82) is 0 Å². The summed E-state index contributed by atoms with van der Waals surface area (Å²) in [6.45, 7) is 1.73. The molecule has 0 radical (unpaired) electrons. The number of sulfonamides is 1. The molecule has 0 spiro atoms. The quantitative estimate of drug-likeness (QED) is 0.636. The van der Waals surface area contributed by atoms with E-state index in [1.807, 2.05) is 4.72 Å². The van der Waals surface area contributed by atoms with Crippen LogP contribution in [0.5, 0.6) is 0 Å². The second kappa shape index (κ2) is 5.61. The Hall–Kier alpha value is -1.67. The smallest absolute Gasteiger partial charge is 0.262 e. The van der Waals surface area contributed by atoms with Crippen molar-refractivity contribution in [2.75, 3.05) is 10.5 Å². The molecule has 2 aromatic carbocycles. The minimum absolute atomic E-state index is 0.0949. The van der Waals surface area contributed by atoms with Crippen LogP contribution in [0, 0.1) is 18.6 Å². The molecule has 21 heavy (non-hydrogen) atoms. The van der Waals surface area contributed by atoms with Gasteiger partial charge in [-0.05, 0) is 46.6 Å². The molecule has 2 rings (SSSR count). The molecule has 112 valence electrons. The normalized spacial score (nSPS) is 11.4. The molecule has 0 bridgehead atoms. The highest BCUT2D eigenvalue weighted by Crippen LogP contribution is 2.26. The van der Waals surface area contributed by atoms with Crippen molar-refractivity contribution in [1.82, 2.24) is 0 Å². The molecule has 4 nitrogen and oxygen atoms in total. The van der Waals surface area contributed by atoms with E-state index in [-0.39, 0.29) is 9.37 Å². The minimum Gasteiger partial charge on any atom is -0.398 e. The van der Waals surface area contributed by atoms with Crippen LogP contribution < -0.4 is 10.5 Å². The maximum absolute atomic E-state index is 13.7. The molecule has 8 heteroatoms. The number of hydrogen-bond acceptors (Lipinski definition) is 3. The van der Waals surface area contributed by atoms with Gasteiger partial charge in [0.25, 0.3) is 10.0 Å². The van der Waals surface area contributed by atoms with Crippen LogP contribution in [0.1, 0.15) is 5.56 Å². The number of rotatable bonds is 3. The average Bonchev–Trinajstić information content (AvgIpc) is 2.39. The number of halogens is 3. The molecular weight excluding hydrogens is 366 g/mol. The first-order valence-electron chi connectivity index (χ1n) is 5.74. The molecule has 0 aliphatic rings. The predicted molar refractivity (Wildman–Crippen MR) is 80.5 cm³/mol. The third-order valence-electron chi connectivity index (χ3n) is 2.82. The molecule has 0 amide bonds. The van der Waals surface area contributed by atoms with Gasteiger partial charge in [-0.1, -0.05) is 6.07 Å². The summed E-state index contributed by atoms with van der Waals surface area (Å²) < 4.78 is 53.3. The van der Waals surface area contributed by atoms with Gasteiger partial charge in [0, 0.05) is 11.8 Å². The van der Waals surface area contributed by atoms with Gasteiger partial charge in [-0.3, -0.25) is 4.72 Å². The summed E-state index contributed by atoms with van der Waals surface area (Å²) in [6, 6.07) is 5.72. The van der Waals surface area contributed by atoms with Crippen molar-refractivity contribution < 1.29 is 17.2 Å². The number of anilines is 2. The van der Waals surface area contributed by atoms with Crippen molar-refractivity contribution >= 4 is 37.3 Å². The molecule has 0 heterocycles. The zero-order valence-corrected chi connectivity index (χ0v) is 13.2. The van der Waals surface area contributed by atoms with Gasteiger partial charge in [-0.2, -0.15) is 0 Å². The van der Waals surface area contributed by atoms with Gasteiger partial charge in [-0.15, -0.1) is 0 Å². The first-order chi connectivity index (χ1) is 9.70. The summed E-state index contributed by atoms with van der Waals surface area (Å²) >= 11 is 2.81. The molecule has 0 aliphatic heterocycles. The fourth-order valence-electron chi connectivity index (χ4n) is 1.59. The second-order valence-electron chi connectivity index (χ2n) is 4.37. The summed E-state index contributed by atoms with van der Waals surface area (Å²) in [5, 5.41) is 0. The highest BCUT2D eigenvalue weighted by molar-refractivity contribution is 9.10. The number of aryl methyl sites for hydroxylation is 1. The van der Waals surface area contributed by atoms with E-state index >= 15 is 0 Å². The van der Waals surface area contributed by atoms with Crippen LogP contribution in [0.2, 0.25) is 0 Å². The molecule has 0 atom stereocenters. The van der Waals surface area contributed by atoms with Crippen LogP contribution in [0.4, 0.5) is 20.2 Å². The Morgan fingerprint density at radius 1 is 1.14 bits per heavy atom. The van der Waals surface area contributed by atoms with Crippen molar-refractivity contribution in [2.45, 2.75) is 11.8 Å². The Morgan fingerprint density at radius 2 is 1.81 bits per heavy atom. The highest BCUT2D eigenvalue weighted by Gasteiger charge is 2.18. The lowest BCUT2D eigenvalue weighted by atomic mass is 10.2. The van der Waals surface area contributed by atoms with E-state index in [4.69, 9.17) is 5.73 Å². The van der Waals surface area contributed by atoms with Crippen molar-refractivity contribution in [3.8, 4) is 0 Å². The van der Waals surface area contributed by atoms with Gasteiger partial charge < -0.3 is 5.73 Å². The fourth-order valence-corrected chi connectivity index (χ4v) is 3.00. The first kappa shape index (κ1) is 15.7. The average molecular weight is 377 g/mol. The Labute approximate surface area is 129 Å². The summed E-state index contributed by atoms with van der Waals surface area (Å²) in [5.41, 5.74) is 6.18. The van der Waals surface area contributed by atoms with E-state index in [0.717, 1.165) is 17.7 Å². The number of hydrogen-bond donors (Lipinski definition) is 2. The topological polar surface area (TPSA) is 72.2 Å². The lowest BCUT2D eigenvalue weighted by molar-refractivity contribution is 0.592. The molecule has 0 saturated heterocycles. The molecule has 0 fully saturated rings. The van der Waals surface area contributed by atoms with Gasteiger partial charge in [0.15, 0.2) is 0 Å². The Balaban J connectivity index is 2.42. The molecule has 0 aromatic heterocycles. The predicted octanol–water partition coefficient (Wildman–Crippen LogP) is 3.42. The fraction of sp³-hybridized carbons (Fsp3) is 0.0769. The lowest BCUT2D eigenvalue weighted by Crippen LogP contribution is -2.14. The van der Waals surface area contributed by atoms with Crippen LogP contribution in [0.25, 0.3) is 0 Å². The van der Waals surface area contributed by atoms with Crippen LogP contribution in [0.15, 0.2) is 39.7 Å². The van der Waals surface area contributed by atoms with Crippen LogP contribution >= 0.6 is 15.9 Å². The van der Waals surface area contributed by atoms with E-state index in [0.29, 0.717) is 5.69 Å². The van der Waals surface area contributed by atoms with Gasteiger partial charge in [0.1, 0.15) is 11.6 Å². The van der Waals surface area contributed by atoms with E-state index in [2.05, 4.69) is 15.9 Å². The Morgan fingerprint density at radius 3 is 2.43 bits per heavy atom. The van der Waals surface area contributed by atoms with Gasteiger partial charge in [0.05, 0.1) is 15.1 Å². The molecule has 0 unspecified atom stereocenters. The monoisotopic (exact) mass is 376 g/mol. The Kier molecular flexibility index (Phi) is 4.20. The minimum atomic E-state index is -4.06. The lowest BCUT2D eigenvalue weighted by Gasteiger charge is -2.11. The summed E-state index contributed by atoms with van der Waals surface area (Å²) in [7, 11) is -4.06. The van der Waals surface area contributed by atoms with Crippen LogP contribution in [-0.4, -0.2) is 8.42 Å². The van der Waals surface area contributed by atoms with Gasteiger partial charge in [0.2, 0.25) is 0 Å². The number of benzene rings is 2. The summed E-state index contributed by atoms with van der Waals surface area (Å²) in [4.78, 5) is -0.131. The first-order valence-corrected chi connectivity index (χ1v) is 8.02. The third kappa shape index (κ3) is 3.33. The van der Waals surface area contributed by atoms with E-state index in [9.17, 15) is 17.2 Å². The Bertz CT molecular complexity index is 810. The summed E-state index contributed by atoms with van der Waals surface area (Å²) in [6.07, 6.45) is 0. The van der Waals surface area contributed by atoms with Crippen molar-refractivity contribution in [2.24, 2.45) is 0 Å². The zero-order valence-electron chi connectivity index (χ0n) is 10.8. The van der Waals surface area contributed by atoms with Crippen molar-refractivity contribution in [3.63, 3.8) is 0 Å². The molecule has 0 aliphatic carbocycles. The molecule has 3 N–H and O–H groups in total. The molecule has 2 aromatic rings. The summed E-state index contributed by atoms with van der Waals surface area (Å²) in [5.74, 6) is -1.68. The second-order valence-corrected chi connectivity index (χ2v) is 6.91. The largest absolute Gasteiger partial charge is 0.398 e. The van der Waals surface area contributed by atoms with Crippen LogP contribution in [-0.2, 0) is 10.0 Å².